The van der Waals surface area contributed by atoms with Crippen LogP contribution in [-0.4, -0.2) is 28.5 Å². The van der Waals surface area contributed by atoms with Crippen molar-refractivity contribution in [2.45, 2.75) is 16.5 Å². The first-order chi connectivity index (χ1) is 9.58. The fourth-order valence-corrected chi connectivity index (χ4v) is 3.31. The van der Waals surface area contributed by atoms with E-state index in [1.807, 2.05) is 0 Å². The third kappa shape index (κ3) is 3.91. The second kappa shape index (κ2) is 6.67. The fraction of sp³-hybridized carbons (Fsp3) is 0.250. The standard InChI is InChI=1S/C12H12FN3O2S2/c1-7(10(17)18-2)19-12-16-15-11(20-12)14-9-5-3-4-8(13)6-9/h3-7H,1-2H3,(H,14,15). The Hall–Kier alpha value is -1.67. The summed E-state index contributed by atoms with van der Waals surface area (Å²) in [6.07, 6.45) is 0. The van der Waals surface area contributed by atoms with Crippen LogP contribution in [0.3, 0.4) is 0 Å². The average molecular weight is 313 g/mol. The fourth-order valence-electron chi connectivity index (χ4n) is 1.36. The van der Waals surface area contributed by atoms with Gasteiger partial charge in [0.05, 0.1) is 7.11 Å². The molecule has 2 aromatic rings. The van der Waals surface area contributed by atoms with Gasteiger partial charge in [-0.1, -0.05) is 29.2 Å². The predicted molar refractivity (Wildman–Crippen MR) is 76.9 cm³/mol. The van der Waals surface area contributed by atoms with Gasteiger partial charge in [-0.25, -0.2) is 4.39 Å². The van der Waals surface area contributed by atoms with Crippen molar-refractivity contribution in [3.63, 3.8) is 0 Å². The first-order valence-corrected chi connectivity index (χ1v) is 7.38. The number of hydrogen-bond donors (Lipinski definition) is 1. The molecule has 0 amide bonds. The number of nitrogens with one attached hydrogen (secondary N) is 1. The Labute approximate surface area is 123 Å². The molecule has 0 saturated carbocycles. The summed E-state index contributed by atoms with van der Waals surface area (Å²) in [5.41, 5.74) is 0.596. The number of nitrogens with zero attached hydrogens (tertiary/aromatic N) is 2. The van der Waals surface area contributed by atoms with Crippen LogP contribution in [0.5, 0.6) is 0 Å². The number of carbonyl (C=O) groups excluding carboxylic acids is 1. The summed E-state index contributed by atoms with van der Waals surface area (Å²) in [4.78, 5) is 11.3. The number of rotatable bonds is 5. The first kappa shape index (κ1) is 14.7. The molecule has 1 aromatic heterocycles. The second-order valence-corrected chi connectivity index (χ2v) is 6.36. The van der Waals surface area contributed by atoms with E-state index in [-0.39, 0.29) is 17.0 Å². The minimum absolute atomic E-state index is 0.315. The number of benzene rings is 1. The van der Waals surface area contributed by atoms with Gasteiger partial charge in [0.15, 0.2) is 4.34 Å². The van der Waals surface area contributed by atoms with E-state index < -0.39 is 0 Å². The Bertz CT molecular complexity index is 606. The number of aromatic nitrogens is 2. The number of esters is 1. The van der Waals surface area contributed by atoms with Crippen LogP contribution in [-0.2, 0) is 9.53 Å². The van der Waals surface area contributed by atoms with Crippen LogP contribution in [0.1, 0.15) is 6.92 Å². The highest BCUT2D eigenvalue weighted by atomic mass is 32.2. The molecule has 5 nitrogen and oxygen atoms in total. The number of carbonyl (C=O) groups is 1. The minimum atomic E-state index is -0.352. The zero-order valence-corrected chi connectivity index (χ0v) is 12.4. The molecule has 0 aliphatic heterocycles. The van der Waals surface area contributed by atoms with Gasteiger partial charge in [0, 0.05) is 5.69 Å². The third-order valence-corrected chi connectivity index (χ3v) is 4.29. The highest BCUT2D eigenvalue weighted by Crippen LogP contribution is 2.30. The lowest BCUT2D eigenvalue weighted by molar-refractivity contribution is -0.139. The number of thioether (sulfide) groups is 1. The molecular formula is C12H12FN3O2S2. The third-order valence-electron chi connectivity index (χ3n) is 2.29. The summed E-state index contributed by atoms with van der Waals surface area (Å²) in [6, 6.07) is 6.07. The lowest BCUT2D eigenvalue weighted by atomic mass is 10.3. The van der Waals surface area contributed by atoms with Crippen LogP contribution < -0.4 is 5.32 Å². The summed E-state index contributed by atoms with van der Waals surface area (Å²) in [5, 5.41) is 11.0. The highest BCUT2D eigenvalue weighted by Gasteiger charge is 2.17. The molecule has 1 aromatic carbocycles. The maximum Gasteiger partial charge on any atom is 0.318 e. The maximum absolute atomic E-state index is 13.0. The van der Waals surface area contributed by atoms with Crippen LogP contribution in [0.15, 0.2) is 28.6 Å². The normalized spacial score (nSPS) is 11.9. The molecule has 1 heterocycles. The monoisotopic (exact) mass is 313 g/mol. The molecule has 0 saturated heterocycles. The van der Waals surface area contributed by atoms with Crippen LogP contribution in [0.4, 0.5) is 15.2 Å². The molecule has 0 spiro atoms. The topological polar surface area (TPSA) is 64.1 Å². The van der Waals surface area contributed by atoms with E-state index >= 15 is 0 Å². The van der Waals surface area contributed by atoms with Crippen molar-refractivity contribution in [3.8, 4) is 0 Å². The lowest BCUT2D eigenvalue weighted by Gasteiger charge is -2.04. The molecule has 2 rings (SSSR count). The van der Waals surface area contributed by atoms with Gasteiger partial charge in [-0.05, 0) is 25.1 Å². The molecule has 1 atom stereocenters. The van der Waals surface area contributed by atoms with Crippen molar-refractivity contribution in [1.82, 2.24) is 10.2 Å². The van der Waals surface area contributed by atoms with Crippen molar-refractivity contribution in [2.75, 3.05) is 12.4 Å². The van der Waals surface area contributed by atoms with Crippen molar-refractivity contribution < 1.29 is 13.9 Å². The molecule has 0 bridgehead atoms. The van der Waals surface area contributed by atoms with E-state index in [2.05, 4.69) is 20.3 Å². The Balaban J connectivity index is 2.00. The van der Waals surface area contributed by atoms with Crippen molar-refractivity contribution >= 4 is 39.9 Å². The first-order valence-electron chi connectivity index (χ1n) is 5.69. The van der Waals surface area contributed by atoms with Gasteiger partial charge < -0.3 is 10.1 Å². The average Bonchev–Trinajstić information content (AvgIpc) is 2.85. The van der Waals surface area contributed by atoms with Gasteiger partial charge in [0.25, 0.3) is 0 Å². The van der Waals surface area contributed by atoms with Crippen LogP contribution in [0.25, 0.3) is 0 Å². The lowest BCUT2D eigenvalue weighted by Crippen LogP contribution is -2.14. The Morgan fingerprint density at radius 3 is 3.00 bits per heavy atom. The predicted octanol–water partition coefficient (Wildman–Crippen LogP) is 3.07. The van der Waals surface area contributed by atoms with Crippen molar-refractivity contribution in [2.24, 2.45) is 0 Å². The van der Waals surface area contributed by atoms with Gasteiger partial charge in [0.2, 0.25) is 5.13 Å². The van der Waals surface area contributed by atoms with E-state index in [4.69, 9.17) is 0 Å². The van der Waals surface area contributed by atoms with E-state index in [9.17, 15) is 9.18 Å². The van der Waals surface area contributed by atoms with E-state index in [0.29, 0.717) is 15.2 Å². The van der Waals surface area contributed by atoms with E-state index in [0.717, 1.165) is 0 Å². The Morgan fingerprint density at radius 2 is 2.30 bits per heavy atom. The van der Waals surface area contributed by atoms with Crippen LogP contribution >= 0.6 is 23.1 Å². The molecule has 0 aliphatic carbocycles. The zero-order chi connectivity index (χ0) is 14.5. The van der Waals surface area contributed by atoms with Crippen molar-refractivity contribution in [3.05, 3.63) is 30.1 Å². The van der Waals surface area contributed by atoms with Gasteiger partial charge in [0.1, 0.15) is 11.1 Å². The highest BCUT2D eigenvalue weighted by molar-refractivity contribution is 8.02. The van der Waals surface area contributed by atoms with Crippen molar-refractivity contribution in [1.29, 1.82) is 0 Å². The largest absolute Gasteiger partial charge is 0.468 e. The maximum atomic E-state index is 13.0. The van der Waals surface area contributed by atoms with Gasteiger partial charge in [-0.2, -0.15) is 0 Å². The number of anilines is 2. The van der Waals surface area contributed by atoms with E-state index in [1.165, 1.54) is 42.3 Å². The molecule has 1 unspecified atom stereocenters. The number of methoxy groups -OCH3 is 1. The van der Waals surface area contributed by atoms with Crippen LogP contribution in [0, 0.1) is 5.82 Å². The summed E-state index contributed by atoms with van der Waals surface area (Å²) in [5.74, 6) is -0.640. The summed E-state index contributed by atoms with van der Waals surface area (Å²) >= 11 is 2.56. The molecular weight excluding hydrogens is 301 g/mol. The summed E-state index contributed by atoms with van der Waals surface area (Å²) in [6.45, 7) is 1.73. The van der Waals surface area contributed by atoms with Gasteiger partial charge >= 0.3 is 5.97 Å². The molecule has 0 fully saturated rings. The SMILES string of the molecule is COC(=O)C(C)Sc1nnc(Nc2cccc(F)c2)s1. The molecule has 106 valence electrons. The number of hydrogen-bond acceptors (Lipinski definition) is 7. The Kier molecular flexibility index (Phi) is 4.91. The molecule has 1 N–H and O–H groups in total. The van der Waals surface area contributed by atoms with Crippen LogP contribution in [0.2, 0.25) is 0 Å². The minimum Gasteiger partial charge on any atom is -0.468 e. The second-order valence-electron chi connectivity index (χ2n) is 3.79. The number of ether oxygens (including phenoxy) is 1. The molecule has 8 heteroatoms. The molecule has 20 heavy (non-hydrogen) atoms. The summed E-state index contributed by atoms with van der Waals surface area (Å²) in [7, 11) is 1.34. The zero-order valence-electron chi connectivity index (χ0n) is 10.8. The molecule has 0 aliphatic rings. The van der Waals surface area contributed by atoms with Gasteiger partial charge in [-0.3, -0.25) is 4.79 Å². The number of halogens is 1. The quantitative estimate of drug-likeness (QED) is 0.676. The Morgan fingerprint density at radius 1 is 1.50 bits per heavy atom. The smallest absolute Gasteiger partial charge is 0.318 e. The van der Waals surface area contributed by atoms with Gasteiger partial charge in [-0.15, -0.1) is 10.2 Å². The molecule has 0 radical (unpaired) electrons. The van der Waals surface area contributed by atoms with E-state index in [1.54, 1.807) is 19.1 Å². The summed E-state index contributed by atoms with van der Waals surface area (Å²) < 4.78 is 18.3.